The number of carbonyl (C=O) groups is 2. The highest BCUT2D eigenvalue weighted by atomic mass is 16.5. The number of nitrogens with zero attached hydrogens (tertiary/aromatic N) is 2. The summed E-state index contributed by atoms with van der Waals surface area (Å²) in [5, 5.41) is 15.1. The zero-order valence-corrected chi connectivity index (χ0v) is 20.8. The van der Waals surface area contributed by atoms with Crippen LogP contribution in [0.4, 0.5) is 0 Å². The number of amides is 2. The molecule has 1 saturated heterocycles. The topological polar surface area (TPSA) is 99.6 Å². The van der Waals surface area contributed by atoms with Crippen molar-refractivity contribution >= 4 is 44.8 Å². The number of methoxy groups -OCH3 is 1. The van der Waals surface area contributed by atoms with Crippen molar-refractivity contribution in [1.29, 1.82) is 0 Å². The highest BCUT2D eigenvalue weighted by molar-refractivity contribution is 6.51. The molecule has 1 atom stereocenters. The van der Waals surface area contributed by atoms with Crippen LogP contribution in [0.1, 0.15) is 30.4 Å². The Morgan fingerprint density at radius 1 is 0.946 bits per heavy atom. The lowest BCUT2D eigenvalue weighted by Crippen LogP contribution is -2.37. The van der Waals surface area contributed by atoms with E-state index >= 15 is 0 Å². The molecule has 0 aliphatic carbocycles. The number of likely N-dealkylation sites (tertiary alicyclic amines) is 1. The molecule has 37 heavy (non-hydrogen) atoms. The van der Waals surface area contributed by atoms with Gasteiger partial charge < -0.3 is 24.3 Å². The van der Waals surface area contributed by atoms with Crippen LogP contribution >= 0.6 is 0 Å². The van der Waals surface area contributed by atoms with Gasteiger partial charge in [-0.1, -0.05) is 30.7 Å². The molecule has 1 unspecified atom stereocenters. The van der Waals surface area contributed by atoms with Crippen LogP contribution in [0, 0.1) is 0 Å². The fourth-order valence-electron chi connectivity index (χ4n) is 5.80. The summed E-state index contributed by atoms with van der Waals surface area (Å²) in [6.07, 6.45) is 6.63. The highest BCUT2D eigenvalue weighted by Crippen LogP contribution is 2.41. The number of piperidine rings is 1. The number of hydrogen-bond acceptors (Lipinski definition) is 5. The third-order valence-corrected chi connectivity index (χ3v) is 7.47. The lowest BCUT2D eigenvalue weighted by atomic mass is 9.95. The Morgan fingerprint density at radius 2 is 1.70 bits per heavy atom. The van der Waals surface area contributed by atoms with Gasteiger partial charge in [0.2, 0.25) is 0 Å². The lowest BCUT2D eigenvalue weighted by molar-refractivity contribution is -0.122. The number of benzene rings is 2. The molecule has 0 radical (unpaired) electrons. The largest absolute Gasteiger partial charge is 0.496 e. The second-order valence-corrected chi connectivity index (χ2v) is 9.85. The standard InChI is InChI=1S/C29H30N4O4/c1-37-24-11-7-10-23-25(24)21(17-33(23)16-18(34)15-32-12-5-2-6-13-32)27-26(28(35)31-29(27)36)20-14-30-22-9-4-3-8-19(20)22/h3-4,7-11,14,17-18,30,34H,2,5-6,12-13,15-16H2,1H3,(H,31,35,36). The van der Waals surface area contributed by atoms with E-state index in [-0.39, 0.29) is 0 Å². The Labute approximate surface area is 214 Å². The molecule has 0 spiro atoms. The van der Waals surface area contributed by atoms with Gasteiger partial charge in [0.25, 0.3) is 11.8 Å². The van der Waals surface area contributed by atoms with E-state index in [0.29, 0.717) is 41.1 Å². The van der Waals surface area contributed by atoms with Crippen LogP contribution in [-0.2, 0) is 16.1 Å². The predicted molar refractivity (Wildman–Crippen MR) is 143 cm³/mol. The number of imide groups is 1. The fourth-order valence-corrected chi connectivity index (χ4v) is 5.80. The zero-order valence-electron chi connectivity index (χ0n) is 20.8. The van der Waals surface area contributed by atoms with Gasteiger partial charge in [0, 0.05) is 52.9 Å². The van der Waals surface area contributed by atoms with Crippen molar-refractivity contribution in [1.82, 2.24) is 19.8 Å². The van der Waals surface area contributed by atoms with Crippen LogP contribution in [0.15, 0.2) is 54.9 Å². The Kier molecular flexibility index (Phi) is 6.06. The number of hydrogen-bond donors (Lipinski definition) is 3. The number of aromatic amines is 1. The van der Waals surface area contributed by atoms with Crippen LogP contribution in [0.25, 0.3) is 33.0 Å². The van der Waals surface area contributed by atoms with Crippen molar-refractivity contribution in [3.8, 4) is 5.75 Å². The smallest absolute Gasteiger partial charge is 0.259 e. The summed E-state index contributed by atoms with van der Waals surface area (Å²) in [6, 6.07) is 13.4. The first-order valence-electron chi connectivity index (χ1n) is 12.8. The molecule has 3 N–H and O–H groups in total. The number of aliphatic hydroxyl groups is 1. The molecule has 8 nitrogen and oxygen atoms in total. The third-order valence-electron chi connectivity index (χ3n) is 7.47. The molecule has 2 aliphatic rings. The van der Waals surface area contributed by atoms with Crippen molar-refractivity contribution in [3.05, 3.63) is 66.0 Å². The van der Waals surface area contributed by atoms with Crippen LogP contribution < -0.4 is 10.1 Å². The monoisotopic (exact) mass is 498 g/mol. The van der Waals surface area contributed by atoms with Crippen molar-refractivity contribution in [2.45, 2.75) is 31.9 Å². The normalized spacial score (nSPS) is 17.7. The van der Waals surface area contributed by atoms with E-state index in [1.54, 1.807) is 13.3 Å². The van der Waals surface area contributed by atoms with Gasteiger partial charge in [-0.05, 0) is 44.1 Å². The quantitative estimate of drug-likeness (QED) is 0.339. The molecule has 190 valence electrons. The minimum absolute atomic E-state index is 0.313. The number of aliphatic hydroxyl groups excluding tert-OH is 1. The molecule has 0 saturated carbocycles. The second-order valence-electron chi connectivity index (χ2n) is 9.85. The molecular weight excluding hydrogens is 468 g/mol. The summed E-state index contributed by atoms with van der Waals surface area (Å²) in [4.78, 5) is 31.9. The van der Waals surface area contributed by atoms with Gasteiger partial charge in [-0.2, -0.15) is 0 Å². The van der Waals surface area contributed by atoms with Crippen molar-refractivity contribution < 1.29 is 19.4 Å². The fraction of sp³-hybridized carbons (Fsp3) is 0.310. The molecule has 2 aromatic carbocycles. The molecule has 4 heterocycles. The van der Waals surface area contributed by atoms with Crippen molar-refractivity contribution in [3.63, 3.8) is 0 Å². The molecule has 6 rings (SSSR count). The van der Waals surface area contributed by atoms with E-state index in [0.717, 1.165) is 47.7 Å². The SMILES string of the molecule is COc1cccc2c1c(C1=C(c3c[nH]c4ccccc34)C(=O)NC1=O)cn2CC(O)CN1CCCCC1. The van der Waals surface area contributed by atoms with E-state index in [2.05, 4.69) is 15.2 Å². The Balaban J connectivity index is 1.49. The molecule has 4 aromatic rings. The number of fused-ring (bicyclic) bond motifs is 2. The van der Waals surface area contributed by atoms with Gasteiger partial charge in [-0.25, -0.2) is 0 Å². The van der Waals surface area contributed by atoms with Crippen LogP contribution in [0.3, 0.4) is 0 Å². The Hall–Kier alpha value is -3.88. The maximum Gasteiger partial charge on any atom is 0.259 e. The lowest BCUT2D eigenvalue weighted by Gasteiger charge is -2.28. The highest BCUT2D eigenvalue weighted by Gasteiger charge is 2.35. The second kappa shape index (κ2) is 9.53. The first-order chi connectivity index (χ1) is 18.0. The van der Waals surface area contributed by atoms with Crippen LogP contribution in [-0.4, -0.2) is 64.2 Å². The first kappa shape index (κ1) is 23.5. The number of rotatable bonds is 7. The molecular formula is C29H30N4O4. The summed E-state index contributed by atoms with van der Waals surface area (Å²) in [5.74, 6) is -0.260. The number of aromatic nitrogens is 2. The number of carbonyl (C=O) groups excluding carboxylic acids is 2. The zero-order chi connectivity index (χ0) is 25.5. The van der Waals surface area contributed by atoms with Gasteiger partial charge in [0.05, 0.1) is 29.9 Å². The molecule has 8 heteroatoms. The number of para-hydroxylation sites is 1. The maximum atomic E-state index is 13.3. The van der Waals surface area contributed by atoms with Gasteiger partial charge in [0.15, 0.2) is 0 Å². The van der Waals surface area contributed by atoms with Crippen molar-refractivity contribution in [2.75, 3.05) is 26.7 Å². The molecule has 2 aliphatic heterocycles. The number of ether oxygens (including phenoxy) is 1. The molecule has 2 amide bonds. The summed E-state index contributed by atoms with van der Waals surface area (Å²) in [6.45, 7) is 2.98. The maximum absolute atomic E-state index is 13.3. The number of β-amino-alcohol motifs (C(OH)–C–C–N with tert-alkyl or cyclic N) is 1. The van der Waals surface area contributed by atoms with E-state index in [1.807, 2.05) is 53.2 Å². The average Bonchev–Trinajstić information content (AvgIpc) is 3.57. The molecule has 0 bridgehead atoms. The van der Waals surface area contributed by atoms with Crippen LogP contribution in [0.5, 0.6) is 5.75 Å². The third kappa shape index (κ3) is 4.12. The van der Waals surface area contributed by atoms with Gasteiger partial charge >= 0.3 is 0 Å². The molecule has 1 fully saturated rings. The average molecular weight is 499 g/mol. The summed E-state index contributed by atoms with van der Waals surface area (Å²) in [7, 11) is 1.59. The van der Waals surface area contributed by atoms with Gasteiger partial charge in [-0.15, -0.1) is 0 Å². The predicted octanol–water partition coefficient (Wildman–Crippen LogP) is 3.55. The van der Waals surface area contributed by atoms with Gasteiger partial charge in [0.1, 0.15) is 5.75 Å². The van der Waals surface area contributed by atoms with Crippen molar-refractivity contribution in [2.24, 2.45) is 0 Å². The summed E-state index contributed by atoms with van der Waals surface area (Å²) < 4.78 is 7.67. The van der Waals surface area contributed by atoms with E-state index in [1.165, 1.54) is 6.42 Å². The Bertz CT molecular complexity index is 1540. The first-order valence-corrected chi connectivity index (χ1v) is 12.8. The number of H-pyrrole nitrogens is 1. The minimum Gasteiger partial charge on any atom is -0.496 e. The van der Waals surface area contributed by atoms with E-state index in [4.69, 9.17) is 4.74 Å². The minimum atomic E-state index is -0.575. The van der Waals surface area contributed by atoms with Crippen LogP contribution in [0.2, 0.25) is 0 Å². The number of nitrogens with one attached hydrogen (secondary N) is 2. The Morgan fingerprint density at radius 3 is 2.49 bits per heavy atom. The van der Waals surface area contributed by atoms with Gasteiger partial charge in [-0.3, -0.25) is 14.9 Å². The van der Waals surface area contributed by atoms with E-state index < -0.39 is 17.9 Å². The van der Waals surface area contributed by atoms with E-state index in [9.17, 15) is 14.7 Å². The molecule has 2 aromatic heterocycles. The summed E-state index contributed by atoms with van der Waals surface area (Å²) in [5.41, 5.74) is 3.66. The summed E-state index contributed by atoms with van der Waals surface area (Å²) >= 11 is 0.